The summed E-state index contributed by atoms with van der Waals surface area (Å²) in [6.45, 7) is 10.8. The molecule has 7 nitrogen and oxygen atoms in total. The SMILES string of the molecule is CC1=NCCN=C(C)C2CCCC(N2)C(C)=N[C@@H](Cc2ccc(N=C=S)cc2)CN=C(C)C2CCCC1N2. The van der Waals surface area contributed by atoms with E-state index < -0.39 is 0 Å². The average Bonchev–Trinajstić information content (AvgIpc) is 2.94. The Morgan fingerprint density at radius 1 is 0.763 bits per heavy atom. The van der Waals surface area contributed by atoms with Crippen molar-refractivity contribution in [3.63, 3.8) is 0 Å². The van der Waals surface area contributed by atoms with Gasteiger partial charge in [-0.25, -0.2) is 0 Å². The summed E-state index contributed by atoms with van der Waals surface area (Å²) in [5, 5.41) is 10.1. The summed E-state index contributed by atoms with van der Waals surface area (Å²) in [5.74, 6) is 0. The summed E-state index contributed by atoms with van der Waals surface area (Å²) in [6.07, 6.45) is 7.67. The van der Waals surface area contributed by atoms with E-state index in [0.717, 1.165) is 50.9 Å². The van der Waals surface area contributed by atoms with Gasteiger partial charge in [-0.1, -0.05) is 12.1 Å². The minimum Gasteiger partial charge on any atom is -0.301 e. The van der Waals surface area contributed by atoms with Crippen molar-refractivity contribution >= 4 is 45.9 Å². The average molecular weight is 534 g/mol. The van der Waals surface area contributed by atoms with E-state index >= 15 is 0 Å². The maximum Gasteiger partial charge on any atom is 0.0739 e. The number of isothiocyanates is 1. The fourth-order valence-electron chi connectivity index (χ4n) is 5.78. The lowest BCUT2D eigenvalue weighted by atomic mass is 9.93. The summed E-state index contributed by atoms with van der Waals surface area (Å²) >= 11 is 4.75. The molecule has 4 rings (SSSR count). The highest BCUT2D eigenvalue weighted by molar-refractivity contribution is 7.78. The highest BCUT2D eigenvalue weighted by Crippen LogP contribution is 2.19. The van der Waals surface area contributed by atoms with Gasteiger partial charge in [-0.2, -0.15) is 4.99 Å². The van der Waals surface area contributed by atoms with Gasteiger partial charge in [-0.3, -0.25) is 20.0 Å². The largest absolute Gasteiger partial charge is 0.301 e. The molecular formula is C30H43N7S. The summed E-state index contributed by atoms with van der Waals surface area (Å²) < 4.78 is 0. The summed E-state index contributed by atoms with van der Waals surface area (Å²) in [4.78, 5) is 24.3. The van der Waals surface area contributed by atoms with Crippen LogP contribution >= 0.6 is 12.2 Å². The Kier molecular flexibility index (Phi) is 10.6. The van der Waals surface area contributed by atoms with Crippen molar-refractivity contribution in [1.82, 2.24) is 10.6 Å². The first kappa shape index (κ1) is 28.6. The first-order valence-corrected chi connectivity index (χ1v) is 14.6. The number of nitrogens with one attached hydrogen (secondary N) is 2. The Bertz CT molecular complexity index is 1110. The van der Waals surface area contributed by atoms with Gasteiger partial charge < -0.3 is 10.6 Å². The molecule has 2 N–H and O–H groups in total. The number of nitrogens with zero attached hydrogens (tertiary/aromatic N) is 5. The van der Waals surface area contributed by atoms with Crippen LogP contribution < -0.4 is 10.6 Å². The molecule has 0 spiro atoms. The molecule has 3 aliphatic rings. The molecule has 2 saturated heterocycles. The third-order valence-corrected chi connectivity index (χ3v) is 8.23. The van der Waals surface area contributed by atoms with Gasteiger partial charge in [0.05, 0.1) is 36.5 Å². The number of aliphatic imine (C=N–C) groups is 5. The fraction of sp³-hybridized carbons (Fsp3) is 0.633. The molecule has 5 atom stereocenters. The Balaban J connectivity index is 1.61. The van der Waals surface area contributed by atoms with E-state index in [9.17, 15) is 0 Å². The third-order valence-electron chi connectivity index (χ3n) is 8.14. The first-order valence-electron chi connectivity index (χ1n) is 14.2. The Morgan fingerprint density at radius 3 is 1.79 bits per heavy atom. The van der Waals surface area contributed by atoms with Crippen molar-refractivity contribution in [2.24, 2.45) is 25.0 Å². The van der Waals surface area contributed by atoms with Crippen molar-refractivity contribution in [2.75, 3.05) is 19.6 Å². The van der Waals surface area contributed by atoms with Crippen LogP contribution in [0, 0.1) is 0 Å². The quantitative estimate of drug-likeness (QED) is 0.413. The minimum absolute atomic E-state index is 0.0725. The summed E-state index contributed by atoms with van der Waals surface area (Å²) in [5.41, 5.74) is 6.76. The molecule has 2 fully saturated rings. The predicted octanol–water partition coefficient (Wildman–Crippen LogP) is 5.21. The second kappa shape index (κ2) is 14.1. The molecule has 0 radical (unpaired) electrons. The summed E-state index contributed by atoms with van der Waals surface area (Å²) in [6, 6.07) is 9.46. The molecule has 38 heavy (non-hydrogen) atoms. The molecule has 3 aliphatic heterocycles. The van der Waals surface area contributed by atoms with Crippen molar-refractivity contribution < 1.29 is 0 Å². The van der Waals surface area contributed by atoms with Crippen LogP contribution in [0.3, 0.4) is 0 Å². The van der Waals surface area contributed by atoms with Crippen molar-refractivity contribution in [3.05, 3.63) is 29.8 Å². The number of hydrogen-bond acceptors (Lipinski definition) is 8. The molecule has 3 heterocycles. The molecule has 0 saturated carbocycles. The molecular weight excluding hydrogens is 490 g/mol. The van der Waals surface area contributed by atoms with E-state index in [1.165, 1.54) is 41.3 Å². The maximum atomic E-state index is 5.28. The van der Waals surface area contributed by atoms with E-state index in [4.69, 9.17) is 32.2 Å². The third kappa shape index (κ3) is 8.06. The molecule has 8 heteroatoms. The molecule has 4 unspecified atom stereocenters. The normalized spacial score (nSPS) is 29.4. The number of hydrogen-bond donors (Lipinski definition) is 2. The Hall–Kier alpha value is -2.38. The number of rotatable bonds is 3. The van der Waals surface area contributed by atoms with Crippen LogP contribution in [-0.2, 0) is 6.42 Å². The van der Waals surface area contributed by atoms with Gasteiger partial charge in [0.1, 0.15) is 0 Å². The number of piperidine rings is 2. The van der Waals surface area contributed by atoms with Crippen LogP contribution in [0.5, 0.6) is 0 Å². The van der Waals surface area contributed by atoms with E-state index in [1.54, 1.807) is 0 Å². The predicted molar refractivity (Wildman–Crippen MR) is 165 cm³/mol. The second-order valence-corrected chi connectivity index (χ2v) is 11.1. The van der Waals surface area contributed by atoms with E-state index in [-0.39, 0.29) is 18.1 Å². The Morgan fingerprint density at radius 2 is 1.26 bits per heavy atom. The topological polar surface area (TPSA) is 85.9 Å². The van der Waals surface area contributed by atoms with Gasteiger partial charge in [-0.15, -0.1) is 0 Å². The number of fused-ring (bicyclic) bond motifs is 4. The molecule has 1 aromatic rings. The van der Waals surface area contributed by atoms with Crippen molar-refractivity contribution in [2.45, 2.75) is 103 Å². The smallest absolute Gasteiger partial charge is 0.0739 e. The van der Waals surface area contributed by atoms with Crippen LogP contribution in [0.1, 0.15) is 71.8 Å². The van der Waals surface area contributed by atoms with Crippen molar-refractivity contribution in [3.8, 4) is 0 Å². The second-order valence-electron chi connectivity index (χ2n) is 10.9. The van der Waals surface area contributed by atoms with Crippen LogP contribution in [-0.4, -0.2) is 77.9 Å². The molecule has 1 aromatic carbocycles. The molecule has 0 aromatic heterocycles. The van der Waals surface area contributed by atoms with E-state index in [0.29, 0.717) is 18.6 Å². The van der Waals surface area contributed by atoms with Gasteiger partial charge in [-0.05, 0) is 103 Å². The van der Waals surface area contributed by atoms with Gasteiger partial charge in [0.25, 0.3) is 0 Å². The number of benzene rings is 1. The fourth-order valence-corrected chi connectivity index (χ4v) is 5.89. The van der Waals surface area contributed by atoms with Crippen molar-refractivity contribution in [1.29, 1.82) is 0 Å². The van der Waals surface area contributed by atoms with Gasteiger partial charge in [0.2, 0.25) is 0 Å². The lowest BCUT2D eigenvalue weighted by Crippen LogP contribution is -2.50. The molecule has 0 amide bonds. The highest BCUT2D eigenvalue weighted by Gasteiger charge is 2.27. The van der Waals surface area contributed by atoms with E-state index in [1.807, 2.05) is 12.1 Å². The van der Waals surface area contributed by atoms with Crippen LogP contribution in [0.2, 0.25) is 0 Å². The zero-order valence-electron chi connectivity index (χ0n) is 23.4. The zero-order chi connectivity index (χ0) is 26.9. The summed E-state index contributed by atoms with van der Waals surface area (Å²) in [7, 11) is 0. The zero-order valence-corrected chi connectivity index (χ0v) is 24.2. The Labute approximate surface area is 233 Å². The van der Waals surface area contributed by atoms with Gasteiger partial charge in [0, 0.05) is 47.0 Å². The highest BCUT2D eigenvalue weighted by atomic mass is 32.1. The minimum atomic E-state index is 0.0725. The maximum absolute atomic E-state index is 5.28. The van der Waals surface area contributed by atoms with Crippen LogP contribution in [0.15, 0.2) is 49.2 Å². The van der Waals surface area contributed by atoms with Gasteiger partial charge in [0.15, 0.2) is 0 Å². The van der Waals surface area contributed by atoms with E-state index in [2.05, 4.69) is 60.6 Å². The molecule has 204 valence electrons. The standard InChI is InChI=1S/C30H43N7S/c1-20-27-7-5-9-29(36-27)22(3)33-18-26(17-24-11-13-25(14-12-24)34-19-38)35-23(4)30-10-6-8-28(37-30)21(2)32-16-15-31-20/h11-14,26-30,36-37H,5-10,15-18H2,1-4H3/t26-,27?,28?,29?,30?/m0/s1. The van der Waals surface area contributed by atoms with Crippen LogP contribution in [0.4, 0.5) is 5.69 Å². The lowest BCUT2D eigenvalue weighted by molar-refractivity contribution is 0.423. The monoisotopic (exact) mass is 533 g/mol. The van der Waals surface area contributed by atoms with Gasteiger partial charge >= 0.3 is 0 Å². The molecule has 4 bridgehead atoms. The first-order chi connectivity index (χ1) is 18.4. The number of thiocarbonyl (C=S) groups is 1. The molecule has 0 aliphatic carbocycles. The lowest BCUT2D eigenvalue weighted by Gasteiger charge is -2.32. The van der Waals surface area contributed by atoms with Crippen LogP contribution in [0.25, 0.3) is 0 Å².